The highest BCUT2D eigenvalue weighted by Crippen LogP contribution is 2.31. The molecule has 1 amide bonds. The summed E-state index contributed by atoms with van der Waals surface area (Å²) in [5, 5.41) is 12.0. The molecule has 0 spiro atoms. The lowest BCUT2D eigenvalue weighted by atomic mass is 9.85. The molecule has 4 heteroatoms. The Bertz CT molecular complexity index is 317. The predicted octanol–water partition coefficient (Wildman–Crippen LogP) is 2.53. The molecule has 0 unspecified atom stereocenters. The molecular weight excluding hydrogens is 242 g/mol. The van der Waals surface area contributed by atoms with Crippen LogP contribution in [0, 0.1) is 29.6 Å². The van der Waals surface area contributed by atoms with E-state index in [0.717, 1.165) is 0 Å². The van der Waals surface area contributed by atoms with E-state index >= 15 is 0 Å². The Labute approximate surface area is 116 Å². The number of carboxylic acids is 1. The molecule has 110 valence electrons. The van der Waals surface area contributed by atoms with Crippen LogP contribution in [0.1, 0.15) is 47.0 Å². The second kappa shape index (κ2) is 6.92. The molecule has 0 saturated heterocycles. The third-order valence-electron chi connectivity index (χ3n) is 4.38. The van der Waals surface area contributed by atoms with Gasteiger partial charge in [0.15, 0.2) is 0 Å². The molecule has 0 radical (unpaired) electrons. The quantitative estimate of drug-likeness (QED) is 0.778. The van der Waals surface area contributed by atoms with Gasteiger partial charge in [-0.25, -0.2) is 0 Å². The van der Waals surface area contributed by atoms with Crippen molar-refractivity contribution in [1.82, 2.24) is 5.32 Å². The van der Waals surface area contributed by atoms with E-state index in [4.69, 9.17) is 5.11 Å². The summed E-state index contributed by atoms with van der Waals surface area (Å²) in [6.45, 7) is 9.39. The zero-order chi connectivity index (χ0) is 14.6. The van der Waals surface area contributed by atoms with Gasteiger partial charge in [-0.05, 0) is 37.0 Å². The number of amides is 1. The number of hydrogen-bond donors (Lipinski definition) is 2. The van der Waals surface area contributed by atoms with Crippen molar-refractivity contribution in [3.05, 3.63) is 0 Å². The van der Waals surface area contributed by atoms with Crippen molar-refractivity contribution in [2.75, 3.05) is 6.54 Å². The van der Waals surface area contributed by atoms with Gasteiger partial charge >= 0.3 is 5.97 Å². The molecule has 4 nitrogen and oxygen atoms in total. The lowest BCUT2D eigenvalue weighted by Gasteiger charge is -2.25. The van der Waals surface area contributed by atoms with Crippen molar-refractivity contribution in [3.63, 3.8) is 0 Å². The molecule has 1 fully saturated rings. The van der Waals surface area contributed by atoms with Gasteiger partial charge in [0.05, 0.1) is 5.92 Å². The smallest absolute Gasteiger partial charge is 0.306 e. The van der Waals surface area contributed by atoms with E-state index in [9.17, 15) is 9.59 Å². The topological polar surface area (TPSA) is 66.4 Å². The minimum atomic E-state index is -0.766. The maximum atomic E-state index is 12.1. The van der Waals surface area contributed by atoms with E-state index < -0.39 is 5.97 Å². The number of carbonyl (C=O) groups is 2. The third kappa shape index (κ3) is 4.51. The summed E-state index contributed by atoms with van der Waals surface area (Å²) in [5.74, 6) is 0.377. The lowest BCUT2D eigenvalue weighted by Crippen LogP contribution is -2.37. The van der Waals surface area contributed by atoms with Crippen molar-refractivity contribution >= 4 is 11.9 Å². The number of aliphatic carboxylic acids is 1. The highest BCUT2D eigenvalue weighted by atomic mass is 16.4. The van der Waals surface area contributed by atoms with Gasteiger partial charge in [0.1, 0.15) is 0 Å². The van der Waals surface area contributed by atoms with Crippen LogP contribution >= 0.6 is 0 Å². The molecule has 1 aliphatic carbocycles. The molecule has 0 aliphatic heterocycles. The molecule has 0 aromatic rings. The largest absolute Gasteiger partial charge is 0.481 e. The molecule has 1 saturated carbocycles. The van der Waals surface area contributed by atoms with E-state index in [1.807, 2.05) is 0 Å². The van der Waals surface area contributed by atoms with Crippen molar-refractivity contribution in [3.8, 4) is 0 Å². The molecule has 19 heavy (non-hydrogen) atoms. The van der Waals surface area contributed by atoms with Crippen LogP contribution < -0.4 is 5.32 Å². The van der Waals surface area contributed by atoms with E-state index in [1.54, 1.807) is 0 Å². The van der Waals surface area contributed by atoms with Gasteiger partial charge in [-0.3, -0.25) is 9.59 Å². The number of carbonyl (C=O) groups excluding carboxylic acids is 1. The fraction of sp³-hybridized carbons (Fsp3) is 0.867. The summed E-state index contributed by atoms with van der Waals surface area (Å²) < 4.78 is 0. The normalized spacial score (nSPS) is 23.3. The van der Waals surface area contributed by atoms with Crippen LogP contribution in [0.5, 0.6) is 0 Å². The zero-order valence-electron chi connectivity index (χ0n) is 12.5. The fourth-order valence-corrected chi connectivity index (χ4v) is 3.05. The average Bonchev–Trinajstić information content (AvgIpc) is 2.77. The summed E-state index contributed by atoms with van der Waals surface area (Å²) in [6, 6.07) is 0. The summed E-state index contributed by atoms with van der Waals surface area (Å²) in [7, 11) is 0. The second-order valence-corrected chi connectivity index (χ2v) is 6.44. The van der Waals surface area contributed by atoms with Crippen LogP contribution in [0.3, 0.4) is 0 Å². The minimum absolute atomic E-state index is 0.0371. The first-order valence-corrected chi connectivity index (χ1v) is 7.33. The van der Waals surface area contributed by atoms with E-state index in [1.165, 1.54) is 0 Å². The highest BCUT2D eigenvalue weighted by molar-refractivity contribution is 5.80. The molecule has 2 atom stereocenters. The lowest BCUT2D eigenvalue weighted by molar-refractivity contribution is -0.141. The summed E-state index contributed by atoms with van der Waals surface area (Å²) in [4.78, 5) is 22.9. The molecule has 0 aromatic carbocycles. The van der Waals surface area contributed by atoms with E-state index in [0.29, 0.717) is 43.6 Å². The van der Waals surface area contributed by atoms with E-state index in [2.05, 4.69) is 33.0 Å². The second-order valence-electron chi connectivity index (χ2n) is 6.44. The maximum Gasteiger partial charge on any atom is 0.306 e. The summed E-state index contributed by atoms with van der Waals surface area (Å²) in [5.41, 5.74) is 0. The van der Waals surface area contributed by atoms with Crippen LogP contribution in [0.2, 0.25) is 0 Å². The fourth-order valence-electron chi connectivity index (χ4n) is 3.05. The van der Waals surface area contributed by atoms with Crippen LogP contribution in [0.25, 0.3) is 0 Å². The van der Waals surface area contributed by atoms with Crippen molar-refractivity contribution in [2.24, 2.45) is 29.6 Å². The highest BCUT2D eigenvalue weighted by Gasteiger charge is 2.34. The Morgan fingerprint density at radius 2 is 1.63 bits per heavy atom. The van der Waals surface area contributed by atoms with Crippen LogP contribution in [0.4, 0.5) is 0 Å². The van der Waals surface area contributed by atoms with Gasteiger partial charge in [-0.15, -0.1) is 0 Å². The first kappa shape index (κ1) is 16.0. The minimum Gasteiger partial charge on any atom is -0.481 e. The van der Waals surface area contributed by atoms with E-state index in [-0.39, 0.29) is 17.7 Å². The summed E-state index contributed by atoms with van der Waals surface area (Å²) >= 11 is 0. The molecule has 1 rings (SSSR count). The first-order chi connectivity index (χ1) is 8.82. The van der Waals surface area contributed by atoms with Crippen LogP contribution in [0.15, 0.2) is 0 Å². The Morgan fingerprint density at radius 1 is 1.11 bits per heavy atom. The first-order valence-electron chi connectivity index (χ1n) is 7.33. The van der Waals surface area contributed by atoms with Gasteiger partial charge in [-0.1, -0.05) is 27.7 Å². The molecule has 0 heterocycles. The maximum absolute atomic E-state index is 12.1. The van der Waals surface area contributed by atoms with Crippen LogP contribution in [-0.4, -0.2) is 23.5 Å². The monoisotopic (exact) mass is 269 g/mol. The molecule has 0 bridgehead atoms. The third-order valence-corrected chi connectivity index (χ3v) is 4.38. The number of hydrogen-bond acceptors (Lipinski definition) is 2. The van der Waals surface area contributed by atoms with Gasteiger partial charge < -0.3 is 10.4 Å². The Balaban J connectivity index is 2.41. The Hall–Kier alpha value is -1.06. The average molecular weight is 269 g/mol. The molecule has 2 N–H and O–H groups in total. The molecule has 0 aromatic heterocycles. The van der Waals surface area contributed by atoms with Gasteiger partial charge in [0, 0.05) is 12.5 Å². The Morgan fingerprint density at radius 3 is 2.05 bits per heavy atom. The Kier molecular flexibility index (Phi) is 5.83. The van der Waals surface area contributed by atoms with Crippen molar-refractivity contribution in [2.45, 2.75) is 47.0 Å². The number of rotatable bonds is 6. The summed E-state index contributed by atoms with van der Waals surface area (Å²) in [6.07, 6.45) is 1.83. The van der Waals surface area contributed by atoms with Crippen LogP contribution in [-0.2, 0) is 9.59 Å². The van der Waals surface area contributed by atoms with Gasteiger partial charge in [0.2, 0.25) is 5.91 Å². The van der Waals surface area contributed by atoms with Crippen molar-refractivity contribution < 1.29 is 14.7 Å². The predicted molar refractivity (Wildman–Crippen MR) is 74.6 cm³/mol. The van der Waals surface area contributed by atoms with Gasteiger partial charge in [-0.2, -0.15) is 0 Å². The number of nitrogens with one attached hydrogen (secondary N) is 1. The standard InChI is InChI=1S/C15H27NO3/c1-9(2)13(10(3)4)8-16-14(17)11-5-6-12(7-11)15(18)19/h9-13H,5-8H2,1-4H3,(H,16,17)(H,18,19)/t11-,12+/m1/s1. The van der Waals surface area contributed by atoms with Gasteiger partial charge in [0.25, 0.3) is 0 Å². The van der Waals surface area contributed by atoms with Crippen molar-refractivity contribution in [1.29, 1.82) is 0 Å². The molecular formula is C15H27NO3. The SMILES string of the molecule is CC(C)C(CNC(=O)[C@@H]1CC[C@H](C(=O)O)C1)C(C)C. The zero-order valence-corrected chi connectivity index (χ0v) is 12.5. The number of carboxylic acid groups (broad SMARTS) is 1. The molecule has 1 aliphatic rings.